The molecule has 0 spiro atoms. The zero-order chi connectivity index (χ0) is 23.3. The van der Waals surface area contributed by atoms with Crippen molar-refractivity contribution in [2.75, 3.05) is 13.1 Å². The Morgan fingerprint density at radius 3 is 2.62 bits per heavy atom. The zero-order valence-corrected chi connectivity index (χ0v) is 19.6. The van der Waals surface area contributed by atoms with Crippen molar-refractivity contribution in [2.45, 2.75) is 31.6 Å². The van der Waals surface area contributed by atoms with Crippen LogP contribution in [0.4, 0.5) is 0 Å². The van der Waals surface area contributed by atoms with Gasteiger partial charge in [-0.15, -0.1) is 0 Å². The molecule has 1 aliphatic rings. The number of hydrogen-bond acceptors (Lipinski definition) is 4. The van der Waals surface area contributed by atoms with Gasteiger partial charge in [-0.3, -0.25) is 9.78 Å². The van der Waals surface area contributed by atoms with E-state index in [-0.39, 0.29) is 11.8 Å². The van der Waals surface area contributed by atoms with Crippen LogP contribution in [0.25, 0.3) is 0 Å². The van der Waals surface area contributed by atoms with Crippen LogP contribution in [0.5, 0.6) is 0 Å². The van der Waals surface area contributed by atoms with Gasteiger partial charge in [-0.05, 0) is 48.2 Å². The molecule has 0 bridgehead atoms. The molecule has 2 aromatic heterocycles. The highest BCUT2D eigenvalue weighted by molar-refractivity contribution is 6.30. The molecule has 6 heteroatoms. The third kappa shape index (κ3) is 5.37. The second kappa shape index (κ2) is 10.2. The van der Waals surface area contributed by atoms with Crippen LogP contribution >= 0.6 is 11.6 Å². The average molecular weight is 472 g/mol. The van der Waals surface area contributed by atoms with Crippen molar-refractivity contribution in [3.05, 3.63) is 118 Å². The van der Waals surface area contributed by atoms with Crippen molar-refractivity contribution in [3.63, 3.8) is 0 Å². The van der Waals surface area contributed by atoms with E-state index < -0.39 is 0 Å². The molecule has 0 saturated carbocycles. The molecule has 0 unspecified atom stereocenters. The number of amides is 1. The minimum atomic E-state index is 0.00849. The van der Waals surface area contributed by atoms with Gasteiger partial charge in [-0.25, -0.2) is 4.98 Å². The highest BCUT2D eigenvalue weighted by Crippen LogP contribution is 2.28. The van der Waals surface area contributed by atoms with E-state index in [0.717, 1.165) is 42.8 Å². The molecule has 1 aliphatic heterocycles. The van der Waals surface area contributed by atoms with Crippen LogP contribution < -0.4 is 0 Å². The summed E-state index contributed by atoms with van der Waals surface area (Å²) < 4.78 is 6.07. The maximum atomic E-state index is 13.1. The molecule has 0 N–H and O–H groups in total. The van der Waals surface area contributed by atoms with Gasteiger partial charge in [0.05, 0.1) is 17.7 Å². The third-order valence-corrected chi connectivity index (χ3v) is 6.43. The van der Waals surface area contributed by atoms with E-state index in [9.17, 15) is 4.79 Å². The lowest BCUT2D eigenvalue weighted by atomic mass is 9.97. The van der Waals surface area contributed by atoms with Gasteiger partial charge in [0, 0.05) is 42.8 Å². The molecule has 5 rings (SSSR count). The van der Waals surface area contributed by atoms with Crippen LogP contribution in [0.15, 0.2) is 83.5 Å². The summed E-state index contributed by atoms with van der Waals surface area (Å²) in [6, 6.07) is 21.8. The van der Waals surface area contributed by atoms with Gasteiger partial charge in [0.1, 0.15) is 5.76 Å². The maximum absolute atomic E-state index is 13.1. The molecular formula is C28H26ClN3O2. The molecular weight excluding hydrogens is 446 g/mol. The van der Waals surface area contributed by atoms with Gasteiger partial charge in [-0.1, -0.05) is 54.1 Å². The van der Waals surface area contributed by atoms with Crippen LogP contribution in [-0.2, 0) is 12.8 Å². The van der Waals surface area contributed by atoms with E-state index in [0.29, 0.717) is 29.4 Å². The molecule has 0 radical (unpaired) electrons. The SMILES string of the molecule is O=C(c1ccc(Cc2ccccc2)nc1)N1CCC[C@H](c2ncc(Cc3cccc(Cl)c3)o2)C1. The Morgan fingerprint density at radius 2 is 1.82 bits per heavy atom. The minimum absolute atomic E-state index is 0.00849. The van der Waals surface area contributed by atoms with E-state index in [4.69, 9.17) is 16.0 Å². The van der Waals surface area contributed by atoms with Crippen LogP contribution in [0.2, 0.25) is 5.02 Å². The summed E-state index contributed by atoms with van der Waals surface area (Å²) in [6.07, 6.45) is 6.74. The molecule has 1 saturated heterocycles. The molecule has 1 atom stereocenters. The van der Waals surface area contributed by atoms with Crippen LogP contribution in [-0.4, -0.2) is 33.9 Å². The Hall–Kier alpha value is -3.44. The van der Waals surface area contributed by atoms with Crippen LogP contribution in [0.3, 0.4) is 0 Å². The van der Waals surface area contributed by atoms with E-state index in [1.165, 1.54) is 5.56 Å². The number of piperidine rings is 1. The summed E-state index contributed by atoms with van der Waals surface area (Å²) in [6.45, 7) is 1.33. The number of oxazole rings is 1. The molecule has 1 fully saturated rings. The standard InChI is InChI=1S/C28H26ClN3O2/c29-24-10-4-8-21(14-24)16-26-18-31-27(34-26)23-9-5-13-32(19-23)28(33)22-11-12-25(30-17-22)15-20-6-2-1-3-7-20/h1-4,6-8,10-12,14,17-18,23H,5,9,13,15-16,19H2/t23-/m0/s1. The molecule has 34 heavy (non-hydrogen) atoms. The van der Waals surface area contributed by atoms with Crippen molar-refractivity contribution in [2.24, 2.45) is 0 Å². The molecule has 0 aliphatic carbocycles. The largest absolute Gasteiger partial charge is 0.445 e. The smallest absolute Gasteiger partial charge is 0.255 e. The topological polar surface area (TPSA) is 59.2 Å². The second-order valence-electron chi connectivity index (χ2n) is 8.76. The quantitative estimate of drug-likeness (QED) is 0.350. The number of hydrogen-bond donors (Lipinski definition) is 0. The van der Waals surface area contributed by atoms with Gasteiger partial charge in [-0.2, -0.15) is 0 Å². The van der Waals surface area contributed by atoms with Crippen LogP contribution in [0, 0.1) is 0 Å². The maximum Gasteiger partial charge on any atom is 0.255 e. The first kappa shape index (κ1) is 22.4. The van der Waals surface area contributed by atoms with Gasteiger partial charge < -0.3 is 9.32 Å². The fourth-order valence-electron chi connectivity index (χ4n) is 4.45. The lowest BCUT2D eigenvalue weighted by molar-refractivity contribution is 0.0697. The number of halogens is 1. The zero-order valence-electron chi connectivity index (χ0n) is 18.9. The summed E-state index contributed by atoms with van der Waals surface area (Å²) in [4.78, 5) is 24.1. The second-order valence-corrected chi connectivity index (χ2v) is 9.20. The van der Waals surface area contributed by atoms with Crippen molar-refractivity contribution in [1.82, 2.24) is 14.9 Å². The molecule has 2 aromatic carbocycles. The lowest BCUT2D eigenvalue weighted by Gasteiger charge is -2.31. The minimum Gasteiger partial charge on any atom is -0.445 e. The van der Waals surface area contributed by atoms with Crippen LogP contribution in [0.1, 0.15) is 57.6 Å². The molecule has 3 heterocycles. The first-order valence-electron chi connectivity index (χ1n) is 11.6. The summed E-state index contributed by atoms with van der Waals surface area (Å²) >= 11 is 6.09. The summed E-state index contributed by atoms with van der Waals surface area (Å²) in [5.74, 6) is 1.61. The van der Waals surface area contributed by atoms with Crippen molar-refractivity contribution < 1.29 is 9.21 Å². The number of nitrogens with zero attached hydrogens (tertiary/aromatic N) is 3. The average Bonchev–Trinajstić information content (AvgIpc) is 3.33. The van der Waals surface area contributed by atoms with E-state index in [2.05, 4.69) is 22.1 Å². The van der Waals surface area contributed by atoms with Gasteiger partial charge in [0.25, 0.3) is 5.91 Å². The first-order valence-corrected chi connectivity index (χ1v) is 12.0. The molecule has 4 aromatic rings. The number of carbonyl (C=O) groups excluding carboxylic acids is 1. The normalized spacial score (nSPS) is 15.9. The van der Waals surface area contributed by atoms with E-state index in [1.54, 1.807) is 12.4 Å². The number of aromatic nitrogens is 2. The number of likely N-dealkylation sites (tertiary alicyclic amines) is 1. The summed E-state index contributed by atoms with van der Waals surface area (Å²) in [5.41, 5.74) is 3.85. The van der Waals surface area contributed by atoms with Gasteiger partial charge >= 0.3 is 0 Å². The fraction of sp³-hybridized carbons (Fsp3) is 0.250. The van der Waals surface area contributed by atoms with Crippen molar-refractivity contribution in [3.8, 4) is 0 Å². The van der Waals surface area contributed by atoms with Crippen molar-refractivity contribution >= 4 is 17.5 Å². The number of rotatable bonds is 6. The number of carbonyl (C=O) groups is 1. The predicted octanol–water partition coefficient (Wildman–Crippen LogP) is 5.92. The Bertz CT molecular complexity index is 1250. The fourth-order valence-corrected chi connectivity index (χ4v) is 4.66. The predicted molar refractivity (Wildman–Crippen MR) is 132 cm³/mol. The van der Waals surface area contributed by atoms with Gasteiger partial charge in [0.15, 0.2) is 5.89 Å². The first-order chi connectivity index (χ1) is 16.6. The number of pyridine rings is 1. The number of benzene rings is 2. The van der Waals surface area contributed by atoms with E-state index >= 15 is 0 Å². The highest BCUT2D eigenvalue weighted by atomic mass is 35.5. The molecule has 1 amide bonds. The van der Waals surface area contributed by atoms with Crippen molar-refractivity contribution in [1.29, 1.82) is 0 Å². The Kier molecular flexibility index (Phi) is 6.72. The molecule has 172 valence electrons. The Morgan fingerprint density at radius 1 is 0.971 bits per heavy atom. The lowest BCUT2D eigenvalue weighted by Crippen LogP contribution is -2.39. The van der Waals surface area contributed by atoms with Gasteiger partial charge in [0.2, 0.25) is 0 Å². The third-order valence-electron chi connectivity index (χ3n) is 6.20. The Labute approximate surface area is 204 Å². The highest BCUT2D eigenvalue weighted by Gasteiger charge is 2.28. The Balaban J connectivity index is 1.22. The monoisotopic (exact) mass is 471 g/mol. The molecule has 5 nitrogen and oxygen atoms in total. The summed E-state index contributed by atoms with van der Waals surface area (Å²) in [7, 11) is 0. The summed E-state index contributed by atoms with van der Waals surface area (Å²) in [5, 5.41) is 0.710. The van der Waals surface area contributed by atoms with E-state index in [1.807, 2.05) is 59.5 Å².